The Morgan fingerprint density at radius 2 is 1.52 bits per heavy atom. The number of Topliss-reactive ketones (excluding diaryl/α,β-unsaturated/α-hetero) is 1. The lowest BCUT2D eigenvalue weighted by molar-refractivity contribution is 0.0962. The Morgan fingerprint density at radius 3 is 2.03 bits per heavy atom. The van der Waals surface area contributed by atoms with E-state index in [2.05, 4.69) is 50.4 Å². The van der Waals surface area contributed by atoms with Crippen molar-refractivity contribution in [2.75, 3.05) is 13.2 Å². The standard InChI is InChI=1S/C28H33NO2/c1-21(2)29-17-18-31-27-16-15-23(19-22(27)3)26(30)20-28(4,24-11-7-5-8-12-24)25-13-9-6-10-14-25/h5-16,19,21,29H,17-18,20H2,1-4H3. The highest BCUT2D eigenvalue weighted by atomic mass is 16.5. The predicted molar refractivity (Wildman–Crippen MR) is 128 cm³/mol. The minimum atomic E-state index is -0.398. The summed E-state index contributed by atoms with van der Waals surface area (Å²) in [7, 11) is 0. The van der Waals surface area contributed by atoms with E-state index in [4.69, 9.17) is 4.74 Å². The van der Waals surface area contributed by atoms with Crippen molar-refractivity contribution in [2.45, 2.75) is 45.6 Å². The Hall–Kier alpha value is -2.91. The van der Waals surface area contributed by atoms with Crippen LogP contribution in [0.4, 0.5) is 0 Å². The lowest BCUT2D eigenvalue weighted by atomic mass is 9.72. The Balaban J connectivity index is 1.79. The molecule has 0 radical (unpaired) electrons. The molecule has 0 spiro atoms. The molecule has 3 aromatic carbocycles. The highest BCUT2D eigenvalue weighted by Gasteiger charge is 2.32. The van der Waals surface area contributed by atoms with Gasteiger partial charge in [0.2, 0.25) is 0 Å². The number of carbonyl (C=O) groups is 1. The molecule has 0 aromatic heterocycles. The Kier molecular flexibility index (Phi) is 7.64. The number of aryl methyl sites for hydroxylation is 1. The van der Waals surface area contributed by atoms with E-state index >= 15 is 0 Å². The zero-order chi connectivity index (χ0) is 22.3. The third-order valence-electron chi connectivity index (χ3n) is 5.75. The van der Waals surface area contributed by atoms with Gasteiger partial charge in [-0.1, -0.05) is 81.4 Å². The van der Waals surface area contributed by atoms with E-state index in [1.165, 1.54) is 0 Å². The van der Waals surface area contributed by atoms with E-state index in [1.807, 2.05) is 61.5 Å². The van der Waals surface area contributed by atoms with Crippen LogP contribution in [0.5, 0.6) is 5.75 Å². The summed E-state index contributed by atoms with van der Waals surface area (Å²) >= 11 is 0. The molecule has 0 unspecified atom stereocenters. The molecule has 0 atom stereocenters. The molecule has 0 aliphatic rings. The van der Waals surface area contributed by atoms with Crippen LogP contribution in [0.3, 0.4) is 0 Å². The van der Waals surface area contributed by atoms with Crippen LogP contribution in [0.25, 0.3) is 0 Å². The fourth-order valence-electron chi connectivity index (χ4n) is 3.90. The molecule has 31 heavy (non-hydrogen) atoms. The van der Waals surface area contributed by atoms with Crippen molar-refractivity contribution in [3.63, 3.8) is 0 Å². The van der Waals surface area contributed by atoms with Gasteiger partial charge in [-0.15, -0.1) is 0 Å². The molecule has 0 fully saturated rings. The monoisotopic (exact) mass is 415 g/mol. The number of ketones is 1. The molecular weight excluding hydrogens is 382 g/mol. The number of carbonyl (C=O) groups excluding carboxylic acids is 1. The van der Waals surface area contributed by atoms with Gasteiger partial charge in [-0.3, -0.25) is 4.79 Å². The first-order valence-electron chi connectivity index (χ1n) is 11.0. The van der Waals surface area contributed by atoms with Crippen molar-refractivity contribution in [3.05, 3.63) is 101 Å². The third kappa shape index (κ3) is 5.83. The molecule has 0 saturated heterocycles. The van der Waals surface area contributed by atoms with E-state index in [-0.39, 0.29) is 5.78 Å². The van der Waals surface area contributed by atoms with Crippen LogP contribution in [-0.4, -0.2) is 25.0 Å². The summed E-state index contributed by atoms with van der Waals surface area (Å²) < 4.78 is 5.89. The van der Waals surface area contributed by atoms with Crippen LogP contribution >= 0.6 is 0 Å². The second kappa shape index (κ2) is 10.4. The smallest absolute Gasteiger partial charge is 0.164 e. The van der Waals surface area contributed by atoms with Gasteiger partial charge < -0.3 is 10.1 Å². The molecule has 1 N–H and O–H groups in total. The number of ether oxygens (including phenoxy) is 1. The molecule has 3 rings (SSSR count). The van der Waals surface area contributed by atoms with Crippen LogP contribution in [0.15, 0.2) is 78.9 Å². The van der Waals surface area contributed by atoms with Gasteiger partial charge in [0.25, 0.3) is 0 Å². The van der Waals surface area contributed by atoms with Gasteiger partial charge in [0.1, 0.15) is 12.4 Å². The van der Waals surface area contributed by atoms with Gasteiger partial charge in [0, 0.05) is 30.0 Å². The average Bonchev–Trinajstić information content (AvgIpc) is 2.78. The Morgan fingerprint density at radius 1 is 0.935 bits per heavy atom. The van der Waals surface area contributed by atoms with Gasteiger partial charge in [0.15, 0.2) is 5.78 Å². The summed E-state index contributed by atoms with van der Waals surface area (Å²) in [6, 6.07) is 26.8. The van der Waals surface area contributed by atoms with Crippen molar-refractivity contribution in [1.29, 1.82) is 0 Å². The van der Waals surface area contributed by atoms with Crippen molar-refractivity contribution < 1.29 is 9.53 Å². The first-order chi connectivity index (χ1) is 14.9. The summed E-state index contributed by atoms with van der Waals surface area (Å²) in [4.78, 5) is 13.4. The largest absolute Gasteiger partial charge is 0.492 e. The summed E-state index contributed by atoms with van der Waals surface area (Å²) in [5.41, 5.74) is 3.60. The highest BCUT2D eigenvalue weighted by molar-refractivity contribution is 5.97. The first-order valence-corrected chi connectivity index (χ1v) is 11.0. The van der Waals surface area contributed by atoms with Crippen LogP contribution in [0, 0.1) is 6.92 Å². The van der Waals surface area contributed by atoms with E-state index in [0.29, 0.717) is 19.1 Å². The number of hydrogen-bond donors (Lipinski definition) is 1. The predicted octanol–water partition coefficient (Wildman–Crippen LogP) is 5.95. The number of benzene rings is 3. The number of nitrogens with one attached hydrogen (secondary N) is 1. The van der Waals surface area contributed by atoms with Gasteiger partial charge in [-0.25, -0.2) is 0 Å². The molecule has 3 heteroatoms. The quantitative estimate of drug-likeness (QED) is 0.328. The summed E-state index contributed by atoms with van der Waals surface area (Å²) in [5, 5.41) is 3.34. The third-order valence-corrected chi connectivity index (χ3v) is 5.75. The molecular formula is C28H33NO2. The lowest BCUT2D eigenvalue weighted by Gasteiger charge is -2.30. The van der Waals surface area contributed by atoms with Crippen LogP contribution in [0.2, 0.25) is 0 Å². The SMILES string of the molecule is Cc1cc(C(=O)CC(C)(c2ccccc2)c2ccccc2)ccc1OCCNC(C)C. The minimum absolute atomic E-state index is 0.131. The van der Waals surface area contributed by atoms with E-state index in [0.717, 1.165) is 34.5 Å². The van der Waals surface area contributed by atoms with Gasteiger partial charge in [-0.05, 0) is 41.8 Å². The molecule has 0 bridgehead atoms. The topological polar surface area (TPSA) is 38.3 Å². The second-order valence-corrected chi connectivity index (χ2v) is 8.60. The first kappa shape index (κ1) is 22.8. The molecule has 0 heterocycles. The molecule has 0 aliphatic carbocycles. The average molecular weight is 416 g/mol. The summed E-state index contributed by atoms with van der Waals surface area (Å²) in [6.07, 6.45) is 0.402. The van der Waals surface area contributed by atoms with Crippen molar-refractivity contribution in [1.82, 2.24) is 5.32 Å². The summed E-state index contributed by atoms with van der Waals surface area (Å²) in [5.74, 6) is 0.960. The normalized spacial score (nSPS) is 11.5. The maximum atomic E-state index is 13.4. The number of rotatable bonds is 10. The minimum Gasteiger partial charge on any atom is -0.492 e. The zero-order valence-corrected chi connectivity index (χ0v) is 19.0. The van der Waals surface area contributed by atoms with Crippen LogP contribution in [0.1, 0.15) is 54.2 Å². The van der Waals surface area contributed by atoms with Crippen LogP contribution in [-0.2, 0) is 5.41 Å². The van der Waals surface area contributed by atoms with E-state index < -0.39 is 5.41 Å². The molecule has 0 saturated carbocycles. The maximum absolute atomic E-state index is 13.4. The molecule has 0 aliphatic heterocycles. The fourth-order valence-corrected chi connectivity index (χ4v) is 3.90. The summed E-state index contributed by atoms with van der Waals surface area (Å²) in [6.45, 7) is 9.78. The van der Waals surface area contributed by atoms with E-state index in [9.17, 15) is 4.79 Å². The molecule has 3 aromatic rings. The molecule has 3 nitrogen and oxygen atoms in total. The fraction of sp³-hybridized carbons (Fsp3) is 0.321. The maximum Gasteiger partial charge on any atom is 0.164 e. The number of hydrogen-bond acceptors (Lipinski definition) is 3. The van der Waals surface area contributed by atoms with Gasteiger partial charge >= 0.3 is 0 Å². The molecule has 162 valence electrons. The van der Waals surface area contributed by atoms with Crippen molar-refractivity contribution in [2.24, 2.45) is 0 Å². The van der Waals surface area contributed by atoms with E-state index in [1.54, 1.807) is 0 Å². The van der Waals surface area contributed by atoms with Crippen LogP contribution < -0.4 is 10.1 Å². The lowest BCUT2D eigenvalue weighted by Crippen LogP contribution is -2.28. The highest BCUT2D eigenvalue weighted by Crippen LogP contribution is 2.36. The Bertz CT molecular complexity index is 941. The van der Waals surface area contributed by atoms with Crippen molar-refractivity contribution in [3.8, 4) is 5.75 Å². The molecule has 0 amide bonds. The van der Waals surface area contributed by atoms with Gasteiger partial charge in [-0.2, -0.15) is 0 Å². The Labute approximate surface area is 186 Å². The van der Waals surface area contributed by atoms with Gasteiger partial charge in [0.05, 0.1) is 0 Å². The van der Waals surface area contributed by atoms with Crippen molar-refractivity contribution >= 4 is 5.78 Å². The second-order valence-electron chi connectivity index (χ2n) is 8.60. The zero-order valence-electron chi connectivity index (χ0n) is 19.0.